The molecule has 1 aliphatic rings. The summed E-state index contributed by atoms with van der Waals surface area (Å²) in [7, 11) is 1.27. The van der Waals surface area contributed by atoms with Crippen LogP contribution in [0.15, 0.2) is 58.8 Å². The van der Waals surface area contributed by atoms with Crippen LogP contribution < -0.4 is 30.3 Å². The number of carbonyl (C=O) groups excluding carboxylic acids is 2. The Kier molecular flexibility index (Phi) is 9.90. The molecule has 12 heteroatoms. The molecule has 0 radical (unpaired) electrons. The number of aliphatic hydroxyl groups excluding tert-OH is 1. The highest BCUT2D eigenvalue weighted by Crippen LogP contribution is 2.34. The minimum atomic E-state index is -1.13. The third-order valence-electron chi connectivity index (χ3n) is 5.29. The van der Waals surface area contributed by atoms with Crippen LogP contribution in [0.25, 0.3) is 0 Å². The maximum Gasteiger partial charge on any atom is 0.337 e. The van der Waals surface area contributed by atoms with Crippen molar-refractivity contribution in [1.29, 1.82) is 5.26 Å². The van der Waals surface area contributed by atoms with E-state index in [1.165, 1.54) is 13.3 Å². The van der Waals surface area contributed by atoms with Gasteiger partial charge in [0.25, 0.3) is 0 Å². The summed E-state index contributed by atoms with van der Waals surface area (Å²) in [5.74, 6) is 0.718. The number of carbonyl (C=O) groups is 2. The fourth-order valence-corrected chi connectivity index (χ4v) is 3.59. The molecule has 3 rings (SSSR count). The quantitative estimate of drug-likeness (QED) is 0.141. The number of hydrazone groups is 1. The normalized spacial score (nSPS) is 15.7. The van der Waals surface area contributed by atoms with Crippen molar-refractivity contribution in [2.45, 2.75) is 26.1 Å². The van der Waals surface area contributed by atoms with E-state index in [9.17, 15) is 14.7 Å². The predicted molar refractivity (Wildman–Crippen MR) is 137 cm³/mol. The third kappa shape index (κ3) is 7.37. The number of nitriles is 1. The van der Waals surface area contributed by atoms with Crippen LogP contribution in [0.3, 0.4) is 0 Å². The first-order valence-electron chi connectivity index (χ1n) is 11.7. The van der Waals surface area contributed by atoms with Crippen LogP contribution in [-0.2, 0) is 9.53 Å². The predicted octanol–water partition coefficient (Wildman–Crippen LogP) is 2.11. The van der Waals surface area contributed by atoms with Gasteiger partial charge in [-0.15, -0.1) is 0 Å². The summed E-state index contributed by atoms with van der Waals surface area (Å²) < 4.78 is 21.5. The van der Waals surface area contributed by atoms with Crippen molar-refractivity contribution >= 4 is 18.2 Å². The molecule has 0 unspecified atom stereocenters. The van der Waals surface area contributed by atoms with Gasteiger partial charge >= 0.3 is 12.0 Å². The van der Waals surface area contributed by atoms with E-state index in [0.29, 0.717) is 35.1 Å². The van der Waals surface area contributed by atoms with Crippen LogP contribution >= 0.6 is 0 Å². The molecule has 1 heterocycles. The summed E-state index contributed by atoms with van der Waals surface area (Å²) in [6.07, 6.45) is 0.387. The number of nitrogens with zero attached hydrogens (tertiary/aromatic N) is 2. The van der Waals surface area contributed by atoms with E-state index < -0.39 is 24.3 Å². The first-order valence-corrected chi connectivity index (χ1v) is 11.7. The van der Waals surface area contributed by atoms with Gasteiger partial charge in [-0.2, -0.15) is 10.4 Å². The Morgan fingerprint density at radius 2 is 1.97 bits per heavy atom. The van der Waals surface area contributed by atoms with Crippen molar-refractivity contribution in [3.8, 4) is 23.3 Å². The number of hydrogen-bond acceptors (Lipinski definition) is 10. The lowest BCUT2D eigenvalue weighted by molar-refractivity contribution is -0.136. The second-order valence-corrected chi connectivity index (χ2v) is 7.93. The van der Waals surface area contributed by atoms with E-state index in [1.54, 1.807) is 56.3 Å². The summed E-state index contributed by atoms with van der Waals surface area (Å²) in [4.78, 5) is 24.4. The summed E-state index contributed by atoms with van der Waals surface area (Å²) in [6.45, 7) is 3.59. The van der Waals surface area contributed by atoms with Crippen LogP contribution in [-0.4, -0.2) is 56.5 Å². The van der Waals surface area contributed by atoms with E-state index in [-0.39, 0.29) is 18.8 Å². The minimum Gasteiger partial charge on any atom is -0.490 e. The van der Waals surface area contributed by atoms with Crippen LogP contribution in [0.2, 0.25) is 0 Å². The zero-order valence-corrected chi connectivity index (χ0v) is 21.2. The fraction of sp³-hybridized carbons (Fsp3) is 0.308. The number of aliphatic hydroxyl groups is 1. The lowest BCUT2D eigenvalue weighted by Gasteiger charge is -2.28. The highest BCUT2D eigenvalue weighted by atomic mass is 16.5. The van der Waals surface area contributed by atoms with E-state index in [0.717, 1.165) is 5.56 Å². The molecule has 2 aromatic carbocycles. The Morgan fingerprint density at radius 1 is 1.21 bits per heavy atom. The van der Waals surface area contributed by atoms with Gasteiger partial charge in [0.15, 0.2) is 24.3 Å². The molecular weight excluding hydrogens is 494 g/mol. The standard InChI is InChI=1S/C26H29N5O7/c1-4-36-21-13-18(24-23(25(33)35-3)16(2)29-26(34)30-24)7-10-20(21)38-15-22(32)31-28-14-17-5-8-19(9-6-17)37-12-11-27/h5-10,13-14,22,24,31-32H,4,12,15H2,1-3H3,(H2,29,30,34)/b28-14-/t22-,24-/m1/s1. The molecule has 0 aliphatic carbocycles. The number of amides is 2. The molecule has 0 fully saturated rings. The van der Waals surface area contributed by atoms with Gasteiger partial charge in [-0.25, -0.2) is 9.59 Å². The molecule has 1 aliphatic heterocycles. The van der Waals surface area contributed by atoms with Crippen LogP contribution in [0, 0.1) is 11.3 Å². The molecule has 0 spiro atoms. The summed E-state index contributed by atoms with van der Waals surface area (Å²) in [5, 5.41) is 28.1. The lowest BCUT2D eigenvalue weighted by Crippen LogP contribution is -2.45. The molecule has 200 valence electrons. The highest BCUT2D eigenvalue weighted by Gasteiger charge is 2.32. The number of urea groups is 1. The van der Waals surface area contributed by atoms with Crippen molar-refractivity contribution < 1.29 is 33.6 Å². The average molecular weight is 524 g/mol. The molecular formula is C26H29N5O7. The molecule has 2 amide bonds. The van der Waals surface area contributed by atoms with E-state index >= 15 is 0 Å². The molecule has 0 aromatic heterocycles. The van der Waals surface area contributed by atoms with Crippen molar-refractivity contribution in [3.63, 3.8) is 0 Å². The first-order chi connectivity index (χ1) is 18.4. The van der Waals surface area contributed by atoms with Crippen molar-refractivity contribution in [1.82, 2.24) is 16.1 Å². The largest absolute Gasteiger partial charge is 0.490 e. The second-order valence-electron chi connectivity index (χ2n) is 7.93. The number of benzene rings is 2. The molecule has 4 N–H and O–H groups in total. The zero-order chi connectivity index (χ0) is 27.5. The Hall–Kier alpha value is -4.76. The minimum absolute atomic E-state index is 0.0329. The number of allylic oxidation sites excluding steroid dienone is 1. The third-order valence-corrected chi connectivity index (χ3v) is 5.29. The lowest BCUT2D eigenvalue weighted by atomic mass is 9.95. The van der Waals surface area contributed by atoms with Gasteiger partial charge in [-0.1, -0.05) is 6.07 Å². The van der Waals surface area contributed by atoms with E-state index in [2.05, 4.69) is 21.2 Å². The number of nitrogens with one attached hydrogen (secondary N) is 3. The maximum absolute atomic E-state index is 12.4. The SMILES string of the molecule is CCOc1cc([C@H]2NC(=O)NC(C)=C2C(=O)OC)ccc1OC[C@@H](O)N/N=C\c1ccc(OCC#N)cc1. The Morgan fingerprint density at radius 3 is 2.66 bits per heavy atom. The summed E-state index contributed by atoms with van der Waals surface area (Å²) in [6, 6.07) is 12.6. The molecule has 0 bridgehead atoms. The topological polar surface area (TPSA) is 164 Å². The number of esters is 1. The molecule has 2 aromatic rings. The van der Waals surface area contributed by atoms with Gasteiger partial charge in [-0.05, 0) is 61.4 Å². The molecule has 2 atom stereocenters. The highest BCUT2D eigenvalue weighted by molar-refractivity contribution is 5.95. The van der Waals surface area contributed by atoms with Crippen LogP contribution in [0.4, 0.5) is 4.79 Å². The molecule has 0 saturated heterocycles. The molecule has 12 nitrogen and oxygen atoms in total. The summed E-state index contributed by atoms with van der Waals surface area (Å²) >= 11 is 0. The van der Waals surface area contributed by atoms with E-state index in [4.69, 9.17) is 24.2 Å². The average Bonchev–Trinajstić information content (AvgIpc) is 2.91. The van der Waals surface area contributed by atoms with Gasteiger partial charge in [0.1, 0.15) is 18.4 Å². The van der Waals surface area contributed by atoms with Gasteiger partial charge in [0, 0.05) is 5.70 Å². The van der Waals surface area contributed by atoms with Crippen molar-refractivity contribution in [2.24, 2.45) is 5.10 Å². The van der Waals surface area contributed by atoms with Gasteiger partial charge < -0.3 is 34.7 Å². The van der Waals surface area contributed by atoms with E-state index in [1.807, 2.05) is 6.07 Å². The number of rotatable bonds is 12. The molecule has 0 saturated carbocycles. The monoisotopic (exact) mass is 523 g/mol. The number of methoxy groups -OCH3 is 1. The van der Waals surface area contributed by atoms with Crippen molar-refractivity contribution in [3.05, 3.63) is 64.9 Å². The Balaban J connectivity index is 1.65. The Bertz CT molecular complexity index is 1240. The zero-order valence-electron chi connectivity index (χ0n) is 21.2. The summed E-state index contributed by atoms with van der Waals surface area (Å²) in [5.41, 5.74) is 4.57. The number of hydrogen-bond donors (Lipinski definition) is 4. The second kappa shape index (κ2) is 13.5. The molecule has 38 heavy (non-hydrogen) atoms. The fourth-order valence-electron chi connectivity index (χ4n) is 3.59. The van der Waals surface area contributed by atoms with Gasteiger partial charge in [0.05, 0.1) is 31.5 Å². The van der Waals surface area contributed by atoms with Crippen molar-refractivity contribution in [2.75, 3.05) is 26.9 Å². The van der Waals surface area contributed by atoms with Crippen LogP contribution in [0.5, 0.6) is 17.2 Å². The van der Waals surface area contributed by atoms with Crippen LogP contribution in [0.1, 0.15) is 31.0 Å². The first kappa shape index (κ1) is 27.8. The Labute approximate surface area is 219 Å². The van der Waals surface area contributed by atoms with Gasteiger partial charge in [0.2, 0.25) is 0 Å². The number of ether oxygens (including phenoxy) is 4. The maximum atomic E-state index is 12.4. The smallest absolute Gasteiger partial charge is 0.337 e. The van der Waals surface area contributed by atoms with Gasteiger partial charge in [-0.3, -0.25) is 5.43 Å².